The van der Waals surface area contributed by atoms with Crippen molar-refractivity contribution in [2.75, 3.05) is 6.54 Å². The van der Waals surface area contributed by atoms with Crippen molar-refractivity contribution in [1.82, 2.24) is 10.3 Å². The number of pyridine rings is 1. The van der Waals surface area contributed by atoms with Gasteiger partial charge in [-0.25, -0.2) is 4.98 Å². The molecule has 0 unspecified atom stereocenters. The molecule has 1 rings (SSSR count). The Morgan fingerprint density at radius 3 is 2.80 bits per heavy atom. The Kier molecular flexibility index (Phi) is 4.09. The van der Waals surface area contributed by atoms with Crippen molar-refractivity contribution in [1.29, 1.82) is 0 Å². The molecule has 1 amide bonds. The van der Waals surface area contributed by atoms with Gasteiger partial charge in [0.15, 0.2) is 0 Å². The zero-order valence-electron chi connectivity index (χ0n) is 9.17. The summed E-state index contributed by atoms with van der Waals surface area (Å²) in [5.74, 6) is 0.161. The summed E-state index contributed by atoms with van der Waals surface area (Å²) in [7, 11) is 0. The van der Waals surface area contributed by atoms with Crippen molar-refractivity contribution >= 4 is 17.5 Å². The van der Waals surface area contributed by atoms with Gasteiger partial charge >= 0.3 is 0 Å². The number of carbonyl (C=O) groups is 1. The molecule has 1 aromatic rings. The van der Waals surface area contributed by atoms with Gasteiger partial charge in [0.05, 0.1) is 5.56 Å². The van der Waals surface area contributed by atoms with E-state index >= 15 is 0 Å². The van der Waals surface area contributed by atoms with Crippen molar-refractivity contribution in [3.8, 4) is 0 Å². The number of nitrogens with zero attached hydrogens (tertiary/aromatic N) is 1. The summed E-state index contributed by atoms with van der Waals surface area (Å²) < 4.78 is 0. The van der Waals surface area contributed by atoms with Gasteiger partial charge < -0.3 is 5.32 Å². The number of halogens is 1. The Labute approximate surface area is 94.9 Å². The Hall–Kier alpha value is -1.09. The van der Waals surface area contributed by atoms with Gasteiger partial charge in [-0.1, -0.05) is 25.4 Å². The molecule has 0 saturated heterocycles. The fourth-order valence-corrected chi connectivity index (χ4v) is 1.53. The molecule has 15 heavy (non-hydrogen) atoms. The van der Waals surface area contributed by atoms with Crippen LogP contribution in [0.25, 0.3) is 0 Å². The first-order chi connectivity index (χ1) is 7.06. The number of hydrogen-bond donors (Lipinski definition) is 1. The molecule has 82 valence electrons. The van der Waals surface area contributed by atoms with Gasteiger partial charge in [-0.05, 0) is 24.5 Å². The second-order valence-electron chi connectivity index (χ2n) is 3.61. The maximum absolute atomic E-state index is 11.7. The summed E-state index contributed by atoms with van der Waals surface area (Å²) in [5, 5.41) is 3.18. The van der Waals surface area contributed by atoms with Gasteiger partial charge in [0, 0.05) is 12.7 Å². The van der Waals surface area contributed by atoms with Crippen molar-refractivity contribution in [3.05, 3.63) is 28.5 Å². The molecule has 1 N–H and O–H groups in total. The van der Waals surface area contributed by atoms with E-state index in [0.717, 1.165) is 5.56 Å². The number of rotatable bonds is 3. The Bertz CT molecular complexity index is 364. The van der Waals surface area contributed by atoms with E-state index in [9.17, 15) is 4.79 Å². The molecule has 0 fully saturated rings. The van der Waals surface area contributed by atoms with E-state index in [1.807, 2.05) is 20.8 Å². The maximum atomic E-state index is 11.7. The Morgan fingerprint density at radius 1 is 1.60 bits per heavy atom. The zero-order chi connectivity index (χ0) is 11.4. The lowest BCUT2D eigenvalue weighted by Gasteiger charge is -2.11. The number of aromatic nitrogens is 1. The van der Waals surface area contributed by atoms with Crippen LogP contribution in [0.4, 0.5) is 0 Å². The lowest BCUT2D eigenvalue weighted by Crippen LogP contribution is -2.24. The molecular weight excluding hydrogens is 212 g/mol. The van der Waals surface area contributed by atoms with Crippen LogP contribution in [0.15, 0.2) is 12.3 Å². The van der Waals surface area contributed by atoms with Crippen LogP contribution in [0.1, 0.15) is 42.6 Å². The summed E-state index contributed by atoms with van der Waals surface area (Å²) in [5.41, 5.74) is 1.54. The van der Waals surface area contributed by atoms with E-state index < -0.39 is 0 Å². The zero-order valence-corrected chi connectivity index (χ0v) is 9.93. The van der Waals surface area contributed by atoms with Gasteiger partial charge in [-0.15, -0.1) is 0 Å². The normalized spacial score (nSPS) is 10.5. The van der Waals surface area contributed by atoms with Crippen LogP contribution in [0, 0.1) is 0 Å². The number of nitrogens with one attached hydrogen (secondary N) is 1. The van der Waals surface area contributed by atoms with Gasteiger partial charge in [0.1, 0.15) is 5.15 Å². The van der Waals surface area contributed by atoms with E-state index in [1.54, 1.807) is 6.07 Å². The predicted molar refractivity (Wildman–Crippen MR) is 61.3 cm³/mol. The van der Waals surface area contributed by atoms with Gasteiger partial charge in [-0.2, -0.15) is 0 Å². The van der Waals surface area contributed by atoms with Gasteiger partial charge in [0.25, 0.3) is 5.91 Å². The minimum Gasteiger partial charge on any atom is -0.352 e. The fourth-order valence-electron chi connectivity index (χ4n) is 1.37. The molecule has 0 aromatic carbocycles. The van der Waals surface area contributed by atoms with E-state index in [4.69, 9.17) is 11.6 Å². The summed E-state index contributed by atoms with van der Waals surface area (Å²) in [4.78, 5) is 15.6. The summed E-state index contributed by atoms with van der Waals surface area (Å²) >= 11 is 5.80. The van der Waals surface area contributed by atoms with Crippen LogP contribution in [-0.2, 0) is 0 Å². The first-order valence-corrected chi connectivity index (χ1v) is 5.37. The second kappa shape index (κ2) is 5.12. The standard InChI is InChI=1S/C11H15ClN2O/c1-4-13-11(15)9-6-14-10(12)5-8(9)7(2)3/h5-7H,4H2,1-3H3,(H,13,15). The smallest absolute Gasteiger partial charge is 0.253 e. The molecular formula is C11H15ClN2O. The van der Waals surface area contributed by atoms with Crippen LogP contribution in [0.5, 0.6) is 0 Å². The van der Waals surface area contributed by atoms with Crippen molar-refractivity contribution in [2.24, 2.45) is 0 Å². The van der Waals surface area contributed by atoms with Crippen LogP contribution in [0.2, 0.25) is 5.15 Å². The minimum absolute atomic E-state index is 0.0923. The molecule has 3 nitrogen and oxygen atoms in total. The van der Waals surface area contributed by atoms with Crippen LogP contribution in [0.3, 0.4) is 0 Å². The molecule has 0 bridgehead atoms. The summed E-state index contributed by atoms with van der Waals surface area (Å²) in [6.07, 6.45) is 1.53. The van der Waals surface area contributed by atoms with Crippen molar-refractivity contribution in [2.45, 2.75) is 26.7 Å². The highest BCUT2D eigenvalue weighted by molar-refractivity contribution is 6.29. The van der Waals surface area contributed by atoms with E-state index in [-0.39, 0.29) is 11.8 Å². The topological polar surface area (TPSA) is 42.0 Å². The highest BCUT2D eigenvalue weighted by Crippen LogP contribution is 2.21. The molecule has 1 aromatic heterocycles. The van der Waals surface area contributed by atoms with Gasteiger partial charge in [-0.3, -0.25) is 4.79 Å². The lowest BCUT2D eigenvalue weighted by molar-refractivity contribution is 0.0954. The maximum Gasteiger partial charge on any atom is 0.253 e. The molecule has 0 atom stereocenters. The Balaban J connectivity index is 3.11. The first kappa shape index (κ1) is 12.0. The third-order valence-corrected chi connectivity index (χ3v) is 2.31. The van der Waals surface area contributed by atoms with Crippen molar-refractivity contribution in [3.63, 3.8) is 0 Å². The molecule has 4 heteroatoms. The number of hydrogen-bond acceptors (Lipinski definition) is 2. The largest absolute Gasteiger partial charge is 0.352 e. The average molecular weight is 227 g/mol. The first-order valence-electron chi connectivity index (χ1n) is 4.99. The monoisotopic (exact) mass is 226 g/mol. The van der Waals surface area contributed by atoms with Crippen LogP contribution >= 0.6 is 11.6 Å². The lowest BCUT2D eigenvalue weighted by atomic mass is 9.99. The van der Waals surface area contributed by atoms with Crippen LogP contribution < -0.4 is 5.32 Å². The van der Waals surface area contributed by atoms with Gasteiger partial charge in [0.2, 0.25) is 0 Å². The fraction of sp³-hybridized carbons (Fsp3) is 0.455. The summed E-state index contributed by atoms with van der Waals surface area (Å²) in [6, 6.07) is 1.75. The molecule has 1 heterocycles. The van der Waals surface area contributed by atoms with Crippen molar-refractivity contribution < 1.29 is 4.79 Å². The summed E-state index contributed by atoms with van der Waals surface area (Å²) in [6.45, 7) is 6.54. The molecule has 0 radical (unpaired) electrons. The van der Waals surface area contributed by atoms with E-state index in [2.05, 4.69) is 10.3 Å². The molecule has 0 aliphatic rings. The molecule has 0 saturated carbocycles. The second-order valence-corrected chi connectivity index (χ2v) is 4.00. The highest BCUT2D eigenvalue weighted by Gasteiger charge is 2.14. The molecule has 0 aliphatic heterocycles. The molecule has 0 aliphatic carbocycles. The highest BCUT2D eigenvalue weighted by atomic mass is 35.5. The van der Waals surface area contributed by atoms with Crippen LogP contribution in [-0.4, -0.2) is 17.4 Å². The minimum atomic E-state index is -0.0923. The van der Waals surface area contributed by atoms with E-state index in [0.29, 0.717) is 17.3 Å². The average Bonchev–Trinajstić information content (AvgIpc) is 2.17. The SMILES string of the molecule is CCNC(=O)c1cnc(Cl)cc1C(C)C. The predicted octanol–water partition coefficient (Wildman–Crippen LogP) is 2.61. The third-order valence-electron chi connectivity index (χ3n) is 2.11. The number of amides is 1. The quantitative estimate of drug-likeness (QED) is 0.805. The van der Waals surface area contributed by atoms with E-state index in [1.165, 1.54) is 6.20 Å². The third kappa shape index (κ3) is 2.93. The Morgan fingerprint density at radius 2 is 2.27 bits per heavy atom. The molecule has 0 spiro atoms. The number of carbonyl (C=O) groups excluding carboxylic acids is 1.